The minimum Gasteiger partial charge on any atom is -1.00 e. The molecule has 11 nitrogen and oxygen atoms in total. The summed E-state index contributed by atoms with van der Waals surface area (Å²) < 4.78 is 30.7. The second-order valence-corrected chi connectivity index (χ2v) is 7.14. The number of anilines is 1. The Morgan fingerprint density at radius 3 is 2.71 bits per heavy atom. The average molecular weight is 408 g/mol. The van der Waals surface area contributed by atoms with Crippen LogP contribution in [0.1, 0.15) is 7.12 Å². The summed E-state index contributed by atoms with van der Waals surface area (Å²) in [6.07, 6.45) is 0. The molecule has 0 spiro atoms. The van der Waals surface area contributed by atoms with E-state index in [1.165, 1.54) is 7.11 Å². The Hall–Kier alpha value is -0.960. The first kappa shape index (κ1) is 21.1. The van der Waals surface area contributed by atoms with Gasteiger partial charge in [-0.05, 0) is 0 Å². The first-order chi connectivity index (χ1) is 10.6. The van der Waals surface area contributed by atoms with E-state index >= 15 is 0 Å². The maximum atomic E-state index is 12.2. The largest absolute Gasteiger partial charge is 1.00 e. The number of nitrogens with one attached hydrogen (secondary N) is 1. The SMILES string of the molecule is CON=C(C(=O)NC1CN(S(=O)(=O)O)C1=O)c1nc(N)sc1Cl.[H-].[Na+]. The Morgan fingerprint density at radius 2 is 2.29 bits per heavy atom. The average Bonchev–Trinajstić information content (AvgIpc) is 2.76. The molecule has 1 aromatic rings. The molecule has 15 heteroatoms. The molecule has 4 N–H and O–H groups in total. The fourth-order valence-electron chi connectivity index (χ4n) is 1.68. The van der Waals surface area contributed by atoms with Gasteiger partial charge in [0.05, 0.1) is 6.54 Å². The van der Waals surface area contributed by atoms with Crippen LogP contribution < -0.4 is 40.6 Å². The summed E-state index contributed by atoms with van der Waals surface area (Å²) in [7, 11) is -3.45. The number of hydrogen-bond donors (Lipinski definition) is 3. The zero-order valence-electron chi connectivity index (χ0n) is 13.4. The van der Waals surface area contributed by atoms with Crippen molar-refractivity contribution >= 4 is 55.9 Å². The Labute approximate surface area is 168 Å². The molecule has 0 bridgehead atoms. The summed E-state index contributed by atoms with van der Waals surface area (Å²) in [5.41, 5.74) is 5.12. The minimum absolute atomic E-state index is 0. The number of thiazole rings is 1. The van der Waals surface area contributed by atoms with Crippen LogP contribution in [-0.4, -0.2) is 59.5 Å². The number of carbonyl (C=O) groups is 2. The van der Waals surface area contributed by atoms with E-state index in [4.69, 9.17) is 21.9 Å². The van der Waals surface area contributed by atoms with Gasteiger partial charge in [-0.1, -0.05) is 28.1 Å². The summed E-state index contributed by atoms with van der Waals surface area (Å²) >= 11 is 6.80. The molecule has 1 atom stereocenters. The number of amides is 2. The molecule has 1 aliphatic heterocycles. The molecule has 2 heterocycles. The van der Waals surface area contributed by atoms with Gasteiger partial charge in [-0.3, -0.25) is 14.1 Å². The minimum atomic E-state index is -4.64. The van der Waals surface area contributed by atoms with E-state index in [1.807, 2.05) is 0 Å². The summed E-state index contributed by atoms with van der Waals surface area (Å²) in [5.74, 6) is -1.85. The van der Waals surface area contributed by atoms with Crippen LogP contribution in [0.25, 0.3) is 0 Å². The standard InChI is InChI=1S/C9H10ClN5O6S2.Na.H/c1-21-14-5(4-6(10)22-9(11)13-4)7(16)12-3-2-15(8(3)17)23(18,19)20;;/h3H,2H2,1H3,(H2,11,13)(H,12,16)(H,18,19,20);;/q;+1;-1. The van der Waals surface area contributed by atoms with E-state index in [0.29, 0.717) is 0 Å². The van der Waals surface area contributed by atoms with Crippen molar-refractivity contribution in [3.05, 3.63) is 10.0 Å². The van der Waals surface area contributed by atoms with Crippen molar-refractivity contribution in [1.82, 2.24) is 14.6 Å². The van der Waals surface area contributed by atoms with Crippen molar-refractivity contribution in [2.24, 2.45) is 5.16 Å². The normalized spacial score (nSPS) is 17.8. The van der Waals surface area contributed by atoms with E-state index in [1.54, 1.807) is 0 Å². The molecule has 1 fully saturated rings. The fourth-order valence-corrected chi connectivity index (χ4v) is 3.30. The molecule has 0 aliphatic carbocycles. The van der Waals surface area contributed by atoms with Crippen LogP contribution in [-0.2, 0) is 24.7 Å². The van der Waals surface area contributed by atoms with Crippen LogP contribution in [0.15, 0.2) is 5.16 Å². The topological polar surface area (TPSA) is 164 Å². The van der Waals surface area contributed by atoms with Crippen LogP contribution in [0.4, 0.5) is 5.13 Å². The molecule has 1 saturated heterocycles. The third kappa shape index (κ3) is 4.36. The van der Waals surface area contributed by atoms with Gasteiger partial charge < -0.3 is 17.3 Å². The van der Waals surface area contributed by atoms with Crippen LogP contribution in [0.3, 0.4) is 0 Å². The van der Waals surface area contributed by atoms with Gasteiger partial charge in [-0.15, -0.1) is 0 Å². The van der Waals surface area contributed by atoms with E-state index in [0.717, 1.165) is 11.3 Å². The molecular formula is C9H11ClN5NaO6S2. The molecule has 0 radical (unpaired) electrons. The van der Waals surface area contributed by atoms with E-state index in [9.17, 15) is 18.0 Å². The molecule has 1 unspecified atom stereocenters. The molecule has 0 saturated carbocycles. The molecular weight excluding hydrogens is 397 g/mol. The van der Waals surface area contributed by atoms with Gasteiger partial charge in [0.15, 0.2) is 10.8 Å². The van der Waals surface area contributed by atoms with Gasteiger partial charge >= 0.3 is 39.9 Å². The first-order valence-corrected chi connectivity index (χ1v) is 8.37. The molecule has 1 aliphatic rings. The Morgan fingerprint density at radius 1 is 1.67 bits per heavy atom. The van der Waals surface area contributed by atoms with Crippen LogP contribution >= 0.6 is 22.9 Å². The van der Waals surface area contributed by atoms with Crippen molar-refractivity contribution in [2.45, 2.75) is 6.04 Å². The van der Waals surface area contributed by atoms with Crippen LogP contribution in [0, 0.1) is 0 Å². The predicted molar refractivity (Wildman–Crippen MR) is 81.4 cm³/mol. The van der Waals surface area contributed by atoms with Gasteiger partial charge in [0, 0.05) is 0 Å². The van der Waals surface area contributed by atoms with Crippen molar-refractivity contribution in [2.75, 3.05) is 19.4 Å². The van der Waals surface area contributed by atoms with Crippen molar-refractivity contribution in [1.29, 1.82) is 0 Å². The Balaban J connectivity index is 0.00000288. The number of oxime groups is 1. The number of nitrogens with two attached hydrogens (primary N) is 1. The second kappa shape index (κ2) is 7.95. The molecule has 2 rings (SSSR count). The van der Waals surface area contributed by atoms with Gasteiger partial charge in [0.25, 0.3) is 11.8 Å². The molecule has 128 valence electrons. The van der Waals surface area contributed by atoms with Crippen molar-refractivity contribution < 1.29 is 58.4 Å². The third-order valence-corrected chi connectivity index (χ3v) is 4.67. The number of nitrogens with zero attached hydrogens (tertiary/aromatic N) is 3. The zero-order chi connectivity index (χ0) is 17.4. The smallest absolute Gasteiger partial charge is 1.00 e. The van der Waals surface area contributed by atoms with Gasteiger partial charge in [0.1, 0.15) is 23.2 Å². The summed E-state index contributed by atoms with van der Waals surface area (Å²) in [6, 6.07) is -1.14. The maximum Gasteiger partial charge on any atom is 1.00 e. The van der Waals surface area contributed by atoms with Crippen molar-refractivity contribution in [3.63, 3.8) is 0 Å². The number of carbonyl (C=O) groups excluding carboxylic acids is 2. The van der Waals surface area contributed by atoms with E-state index < -0.39 is 34.7 Å². The molecule has 24 heavy (non-hydrogen) atoms. The number of hydrogen-bond acceptors (Lipinski definition) is 9. The number of nitrogen functional groups attached to an aromatic ring is 1. The van der Waals surface area contributed by atoms with Gasteiger partial charge in [-0.2, -0.15) is 8.42 Å². The quantitative estimate of drug-likeness (QED) is 0.146. The second-order valence-electron chi connectivity index (χ2n) is 4.17. The number of aromatic nitrogens is 1. The van der Waals surface area contributed by atoms with Gasteiger partial charge in [0.2, 0.25) is 0 Å². The first-order valence-electron chi connectivity index (χ1n) is 5.78. The molecule has 2 amide bonds. The van der Waals surface area contributed by atoms with Crippen LogP contribution in [0.2, 0.25) is 4.34 Å². The summed E-state index contributed by atoms with van der Waals surface area (Å²) in [5, 5.41) is 5.82. The summed E-state index contributed by atoms with van der Waals surface area (Å²) in [6.45, 7) is -0.406. The fraction of sp³-hybridized carbons (Fsp3) is 0.333. The monoisotopic (exact) mass is 407 g/mol. The van der Waals surface area contributed by atoms with Crippen LogP contribution in [0.5, 0.6) is 0 Å². The number of halogens is 1. The molecule has 0 aromatic carbocycles. The Kier molecular flexibility index (Phi) is 6.98. The predicted octanol–water partition coefficient (Wildman–Crippen LogP) is -4.02. The summed E-state index contributed by atoms with van der Waals surface area (Å²) in [4.78, 5) is 32.1. The van der Waals surface area contributed by atoms with Gasteiger partial charge in [-0.25, -0.2) is 9.29 Å². The molecule has 1 aromatic heterocycles. The van der Waals surface area contributed by atoms with E-state index in [-0.39, 0.29) is 56.2 Å². The number of β-lactam (4-membered cyclic amide) rings is 1. The Bertz CT molecular complexity index is 802. The maximum absolute atomic E-state index is 12.2. The number of rotatable bonds is 5. The third-order valence-electron chi connectivity index (χ3n) is 2.70. The van der Waals surface area contributed by atoms with Crippen molar-refractivity contribution in [3.8, 4) is 0 Å². The zero-order valence-corrected chi connectivity index (χ0v) is 16.8. The van der Waals surface area contributed by atoms with E-state index in [2.05, 4.69) is 20.3 Å².